The number of halogens is 2. The van der Waals surface area contributed by atoms with Crippen molar-refractivity contribution in [1.29, 1.82) is 0 Å². The Labute approximate surface area is 120 Å². The van der Waals surface area contributed by atoms with Gasteiger partial charge in [-0.25, -0.2) is 0 Å². The molecule has 1 aliphatic carbocycles. The highest BCUT2D eigenvalue weighted by molar-refractivity contribution is 6.50. The molecule has 1 saturated carbocycles. The second-order valence-electron chi connectivity index (χ2n) is 4.46. The minimum Gasteiger partial charge on any atom is -0.493 e. The van der Waals surface area contributed by atoms with Gasteiger partial charge in [0.15, 0.2) is 11.5 Å². The molecule has 0 aromatic heterocycles. The number of alkyl halides is 2. The lowest BCUT2D eigenvalue weighted by atomic mass is 10.1. The number of hydrogen-bond acceptors (Lipinski definition) is 4. The van der Waals surface area contributed by atoms with E-state index in [0.717, 1.165) is 0 Å². The van der Waals surface area contributed by atoms with Crippen molar-refractivity contribution >= 4 is 28.9 Å². The van der Waals surface area contributed by atoms with Gasteiger partial charge in [0.2, 0.25) is 0 Å². The first-order valence-electron chi connectivity index (χ1n) is 5.66. The molecule has 0 saturated heterocycles. The molecule has 1 aromatic carbocycles. The molecule has 0 N–H and O–H groups in total. The van der Waals surface area contributed by atoms with Gasteiger partial charge in [-0.1, -0.05) is 0 Å². The highest BCUT2D eigenvalue weighted by atomic mass is 35.5. The number of methoxy groups -OCH3 is 2. The summed E-state index contributed by atoms with van der Waals surface area (Å²) in [5, 5.41) is 11.1. The maximum Gasteiger partial charge on any atom is 0.276 e. The molecular weight excluding hydrogens is 293 g/mol. The van der Waals surface area contributed by atoms with Crippen LogP contribution in [0.5, 0.6) is 11.5 Å². The fraction of sp³-hybridized carbons (Fsp3) is 0.500. The topological polar surface area (TPSA) is 61.6 Å². The van der Waals surface area contributed by atoms with Gasteiger partial charge in [-0.2, -0.15) is 0 Å². The number of ether oxygens (including phenoxy) is 2. The zero-order chi connectivity index (χ0) is 14.2. The summed E-state index contributed by atoms with van der Waals surface area (Å²) in [6.07, 6.45) is 1.09. The number of nitro benzene ring substituents is 1. The summed E-state index contributed by atoms with van der Waals surface area (Å²) in [7, 11) is 2.92. The van der Waals surface area contributed by atoms with Crippen molar-refractivity contribution in [1.82, 2.24) is 0 Å². The number of benzene rings is 1. The Hall–Kier alpha value is -1.20. The van der Waals surface area contributed by atoms with Gasteiger partial charge < -0.3 is 9.47 Å². The monoisotopic (exact) mass is 305 g/mol. The Morgan fingerprint density at radius 1 is 1.37 bits per heavy atom. The van der Waals surface area contributed by atoms with E-state index in [9.17, 15) is 10.1 Å². The zero-order valence-corrected chi connectivity index (χ0v) is 12.0. The van der Waals surface area contributed by atoms with Gasteiger partial charge in [-0.15, -0.1) is 23.2 Å². The molecule has 0 amide bonds. The first-order valence-corrected chi connectivity index (χ1v) is 6.41. The molecule has 0 bridgehead atoms. The van der Waals surface area contributed by atoms with Crippen LogP contribution in [0.1, 0.15) is 12.0 Å². The fourth-order valence-electron chi connectivity index (χ4n) is 2.00. The number of rotatable bonds is 5. The lowest BCUT2D eigenvalue weighted by molar-refractivity contribution is -0.385. The zero-order valence-electron chi connectivity index (χ0n) is 10.5. The SMILES string of the molecule is COc1cc(C[C@H]2CC2(Cl)Cl)c([N+](=O)[O-])cc1OC. The Morgan fingerprint density at radius 2 is 1.89 bits per heavy atom. The van der Waals surface area contributed by atoms with Crippen LogP contribution in [0.2, 0.25) is 0 Å². The normalized spacial score (nSPS) is 19.9. The van der Waals surface area contributed by atoms with Gasteiger partial charge in [-0.05, 0) is 24.8 Å². The molecule has 2 rings (SSSR count). The summed E-state index contributed by atoms with van der Waals surface area (Å²) in [6.45, 7) is 0. The number of nitrogens with zero attached hydrogens (tertiary/aromatic N) is 1. The molecule has 1 atom stereocenters. The summed E-state index contributed by atoms with van der Waals surface area (Å²) >= 11 is 11.9. The Kier molecular flexibility index (Phi) is 3.78. The largest absolute Gasteiger partial charge is 0.493 e. The van der Waals surface area contributed by atoms with Crippen molar-refractivity contribution in [2.45, 2.75) is 17.2 Å². The van der Waals surface area contributed by atoms with E-state index >= 15 is 0 Å². The average Bonchev–Trinajstić information content (AvgIpc) is 2.95. The molecule has 0 aliphatic heterocycles. The third-order valence-electron chi connectivity index (χ3n) is 3.20. The number of hydrogen-bond donors (Lipinski definition) is 0. The van der Waals surface area contributed by atoms with E-state index in [4.69, 9.17) is 32.7 Å². The smallest absolute Gasteiger partial charge is 0.276 e. The van der Waals surface area contributed by atoms with E-state index in [2.05, 4.69) is 0 Å². The van der Waals surface area contributed by atoms with E-state index in [1.807, 2.05) is 0 Å². The Balaban J connectivity index is 2.37. The summed E-state index contributed by atoms with van der Waals surface area (Å²) in [5.41, 5.74) is 0.546. The Bertz CT molecular complexity index is 519. The molecule has 5 nitrogen and oxygen atoms in total. The summed E-state index contributed by atoms with van der Waals surface area (Å²) < 4.78 is 9.45. The maximum atomic E-state index is 11.1. The Morgan fingerprint density at radius 3 is 2.32 bits per heavy atom. The molecule has 19 heavy (non-hydrogen) atoms. The van der Waals surface area contributed by atoms with Crippen LogP contribution < -0.4 is 9.47 Å². The average molecular weight is 306 g/mol. The van der Waals surface area contributed by atoms with Gasteiger partial charge in [0.1, 0.15) is 4.33 Å². The molecule has 7 heteroatoms. The highest BCUT2D eigenvalue weighted by Crippen LogP contribution is 2.55. The summed E-state index contributed by atoms with van der Waals surface area (Å²) in [6, 6.07) is 2.97. The highest BCUT2D eigenvalue weighted by Gasteiger charge is 2.51. The minimum atomic E-state index is -0.763. The standard InChI is InChI=1S/C12H13Cl2NO4/c1-18-10-4-7(3-8-6-12(8,13)14)9(15(16)17)5-11(10)19-2/h4-5,8H,3,6H2,1-2H3/t8-/m0/s1. The first-order chi connectivity index (χ1) is 8.89. The van der Waals surface area contributed by atoms with Crippen LogP contribution in [0, 0.1) is 16.0 Å². The van der Waals surface area contributed by atoms with Crippen molar-refractivity contribution in [3.05, 3.63) is 27.8 Å². The number of nitro groups is 1. The van der Waals surface area contributed by atoms with Gasteiger partial charge in [0.05, 0.1) is 25.2 Å². The van der Waals surface area contributed by atoms with E-state index in [1.165, 1.54) is 20.3 Å². The predicted molar refractivity (Wildman–Crippen MR) is 72.4 cm³/mol. The van der Waals surface area contributed by atoms with Crippen LogP contribution in [0.25, 0.3) is 0 Å². The molecule has 1 aromatic rings. The third kappa shape index (κ3) is 2.87. The molecule has 104 valence electrons. The van der Waals surface area contributed by atoms with Crippen molar-refractivity contribution in [2.75, 3.05) is 14.2 Å². The fourth-order valence-corrected chi connectivity index (χ4v) is 2.53. The third-order valence-corrected chi connectivity index (χ3v) is 4.13. The minimum absolute atomic E-state index is 0.00585. The summed E-state index contributed by atoms with van der Waals surface area (Å²) in [5.74, 6) is 0.822. The lowest BCUT2D eigenvalue weighted by Gasteiger charge is -2.10. The predicted octanol–water partition coefficient (Wildman–Crippen LogP) is 3.35. The van der Waals surface area contributed by atoms with Gasteiger partial charge in [0.25, 0.3) is 5.69 Å². The van der Waals surface area contributed by atoms with Crippen LogP contribution in [-0.2, 0) is 6.42 Å². The van der Waals surface area contributed by atoms with E-state index in [1.54, 1.807) is 6.07 Å². The van der Waals surface area contributed by atoms with Crippen molar-refractivity contribution in [3.8, 4) is 11.5 Å². The summed E-state index contributed by atoms with van der Waals surface area (Å²) in [4.78, 5) is 10.7. The second kappa shape index (κ2) is 5.06. The quantitative estimate of drug-likeness (QED) is 0.475. The molecular formula is C12H13Cl2NO4. The van der Waals surface area contributed by atoms with Crippen molar-refractivity contribution < 1.29 is 14.4 Å². The van der Waals surface area contributed by atoms with Crippen LogP contribution in [0.3, 0.4) is 0 Å². The van der Waals surface area contributed by atoms with Gasteiger partial charge >= 0.3 is 0 Å². The van der Waals surface area contributed by atoms with Crippen LogP contribution in [-0.4, -0.2) is 23.5 Å². The molecule has 0 spiro atoms. The van der Waals surface area contributed by atoms with Gasteiger partial charge in [-0.3, -0.25) is 10.1 Å². The first kappa shape index (κ1) is 14.2. The van der Waals surface area contributed by atoms with Crippen LogP contribution in [0.15, 0.2) is 12.1 Å². The second-order valence-corrected chi connectivity index (χ2v) is 6.00. The van der Waals surface area contributed by atoms with E-state index in [-0.39, 0.29) is 11.6 Å². The molecule has 1 aliphatic rings. The van der Waals surface area contributed by atoms with Gasteiger partial charge in [0, 0.05) is 5.56 Å². The van der Waals surface area contributed by atoms with Crippen molar-refractivity contribution in [3.63, 3.8) is 0 Å². The van der Waals surface area contributed by atoms with Crippen LogP contribution >= 0.6 is 23.2 Å². The van der Waals surface area contributed by atoms with E-state index in [0.29, 0.717) is 29.9 Å². The van der Waals surface area contributed by atoms with Crippen LogP contribution in [0.4, 0.5) is 5.69 Å². The molecule has 0 heterocycles. The van der Waals surface area contributed by atoms with E-state index < -0.39 is 9.26 Å². The lowest BCUT2D eigenvalue weighted by Crippen LogP contribution is -2.02. The molecule has 1 fully saturated rings. The molecule has 0 unspecified atom stereocenters. The maximum absolute atomic E-state index is 11.1. The van der Waals surface area contributed by atoms with Crippen molar-refractivity contribution in [2.24, 2.45) is 5.92 Å². The molecule has 0 radical (unpaired) electrons.